The predicted molar refractivity (Wildman–Crippen MR) is 167 cm³/mol. The van der Waals surface area contributed by atoms with Gasteiger partial charge in [-0.1, -0.05) is 12.1 Å². The largest absolute Gasteiger partial charge is 0.465 e. The van der Waals surface area contributed by atoms with E-state index < -0.39 is 64.6 Å². The summed E-state index contributed by atoms with van der Waals surface area (Å²) >= 11 is 0. The van der Waals surface area contributed by atoms with E-state index in [-0.39, 0.29) is 36.9 Å². The summed E-state index contributed by atoms with van der Waals surface area (Å²) in [6, 6.07) is 4.76. The number of nitrogens with zero attached hydrogens (tertiary/aromatic N) is 4. The number of likely N-dealkylation sites (N-methyl/N-ethyl adjacent to an activating group) is 1. The maximum atomic E-state index is 13.8. The molecule has 0 bridgehead atoms. The van der Waals surface area contributed by atoms with E-state index in [9.17, 15) is 50.2 Å². The molecule has 2 atom stereocenters. The number of alkyl halides is 6. The second-order valence-corrected chi connectivity index (χ2v) is 14.0. The second-order valence-electron chi connectivity index (χ2n) is 14.0. The Kier molecular flexibility index (Phi) is 10.8. The second kappa shape index (κ2) is 14.1. The molecule has 0 unspecified atom stereocenters. The first-order valence-corrected chi connectivity index (χ1v) is 15.9. The minimum atomic E-state index is -5.10. The minimum Gasteiger partial charge on any atom is -0.465 e. The Bertz CT molecular complexity index is 1480. The fourth-order valence-corrected chi connectivity index (χ4v) is 6.76. The van der Waals surface area contributed by atoms with Crippen LogP contribution in [0.3, 0.4) is 0 Å². The monoisotopic (exact) mass is 702 g/mol. The molecule has 15 heteroatoms. The standard InChI is InChI=1S/C34H41F7N4O4/c1-32(2,3)45(31(48)49)17-20-6-8-22(9-7-20)29(46)44-18-27(21-10-12-25(35)13-11-21)28(19-44)43(5)30(47)42(4)26-15-23(33(36,37)38)14-24(16-26)34(39,40)41/h10-16,20,22,27-28H,6-9,17-19H2,1-5H3,(H,48,49)/t20-,22-,27-,28+/m0/s1. The molecule has 4 rings (SSSR count). The number of urea groups is 1. The number of carbonyl (C=O) groups excluding carboxylic acids is 2. The van der Waals surface area contributed by atoms with Crippen molar-refractivity contribution in [2.75, 3.05) is 38.6 Å². The minimum absolute atomic E-state index is 0.0171. The molecule has 1 N–H and O–H groups in total. The highest BCUT2D eigenvalue weighted by atomic mass is 19.4. The first kappa shape index (κ1) is 37.8. The van der Waals surface area contributed by atoms with Gasteiger partial charge < -0.3 is 19.8 Å². The van der Waals surface area contributed by atoms with Gasteiger partial charge in [0.25, 0.3) is 0 Å². The number of benzene rings is 2. The summed E-state index contributed by atoms with van der Waals surface area (Å²) < 4.78 is 95.0. The van der Waals surface area contributed by atoms with Crippen LogP contribution >= 0.6 is 0 Å². The number of anilines is 1. The Morgan fingerprint density at radius 3 is 1.84 bits per heavy atom. The van der Waals surface area contributed by atoms with Crippen molar-refractivity contribution in [2.45, 2.75) is 76.3 Å². The van der Waals surface area contributed by atoms with Crippen molar-refractivity contribution >= 4 is 23.7 Å². The lowest BCUT2D eigenvalue weighted by atomic mass is 9.80. The maximum absolute atomic E-state index is 13.8. The predicted octanol–water partition coefficient (Wildman–Crippen LogP) is 7.93. The molecule has 0 spiro atoms. The molecule has 2 fully saturated rings. The number of rotatable bonds is 6. The van der Waals surface area contributed by atoms with Crippen LogP contribution in [-0.4, -0.2) is 83.1 Å². The lowest BCUT2D eigenvalue weighted by Crippen LogP contribution is -2.48. The van der Waals surface area contributed by atoms with Crippen LogP contribution in [0.1, 0.15) is 69.1 Å². The SMILES string of the molecule is CN(C(=O)N(C)[C@@H]1CN(C(=O)[C@H]2CC[C@H](CN(C(=O)O)C(C)(C)C)CC2)C[C@H]1c1ccc(F)cc1)c1cc(C(F)(F)F)cc(C(F)(F)F)c1. The Hall–Kier alpha value is -4.04. The van der Waals surface area contributed by atoms with Crippen LogP contribution in [0.4, 0.5) is 46.0 Å². The third-order valence-corrected chi connectivity index (χ3v) is 9.62. The number of carboxylic acid groups (broad SMARTS) is 1. The molecule has 49 heavy (non-hydrogen) atoms. The molecule has 2 aromatic carbocycles. The Morgan fingerprint density at radius 2 is 1.37 bits per heavy atom. The number of carbonyl (C=O) groups is 3. The van der Waals surface area contributed by atoms with Crippen molar-refractivity contribution in [3.63, 3.8) is 0 Å². The highest BCUT2D eigenvalue weighted by molar-refractivity contribution is 5.92. The van der Waals surface area contributed by atoms with Crippen LogP contribution in [-0.2, 0) is 17.1 Å². The fraction of sp³-hybridized carbons (Fsp3) is 0.559. The molecular formula is C34H41F7N4O4. The molecule has 1 saturated heterocycles. The molecule has 1 heterocycles. The van der Waals surface area contributed by atoms with Gasteiger partial charge in [-0.3, -0.25) is 9.69 Å². The third-order valence-electron chi connectivity index (χ3n) is 9.62. The van der Waals surface area contributed by atoms with Crippen molar-refractivity contribution in [3.8, 4) is 0 Å². The molecule has 270 valence electrons. The summed E-state index contributed by atoms with van der Waals surface area (Å²) in [5.41, 5.74) is -3.73. The summed E-state index contributed by atoms with van der Waals surface area (Å²) in [6.07, 6.45) is -8.90. The van der Waals surface area contributed by atoms with Crippen LogP contribution in [0, 0.1) is 17.7 Å². The molecular weight excluding hydrogens is 661 g/mol. The quantitative estimate of drug-likeness (QED) is 0.310. The van der Waals surface area contributed by atoms with E-state index in [2.05, 4.69) is 0 Å². The third kappa shape index (κ3) is 8.77. The van der Waals surface area contributed by atoms with Gasteiger partial charge in [-0.15, -0.1) is 0 Å². The van der Waals surface area contributed by atoms with E-state index in [0.717, 1.165) is 7.05 Å². The lowest BCUT2D eigenvalue weighted by Gasteiger charge is -2.38. The molecule has 4 amide bonds. The molecule has 0 radical (unpaired) electrons. The number of hydrogen-bond acceptors (Lipinski definition) is 3. The van der Waals surface area contributed by atoms with Gasteiger partial charge in [-0.05, 0) is 88.3 Å². The average Bonchev–Trinajstić information content (AvgIpc) is 3.46. The van der Waals surface area contributed by atoms with Gasteiger partial charge >= 0.3 is 24.5 Å². The lowest BCUT2D eigenvalue weighted by molar-refractivity contribution is -0.143. The van der Waals surface area contributed by atoms with Gasteiger partial charge in [-0.2, -0.15) is 26.3 Å². The zero-order valence-corrected chi connectivity index (χ0v) is 27.9. The molecule has 2 aliphatic rings. The first-order valence-electron chi connectivity index (χ1n) is 15.9. The molecule has 0 aromatic heterocycles. The van der Waals surface area contributed by atoms with Gasteiger partial charge in [0, 0.05) is 56.8 Å². The molecule has 8 nitrogen and oxygen atoms in total. The zero-order chi connectivity index (χ0) is 36.6. The van der Waals surface area contributed by atoms with Crippen molar-refractivity contribution in [1.29, 1.82) is 0 Å². The van der Waals surface area contributed by atoms with Gasteiger partial charge in [-0.25, -0.2) is 14.0 Å². The summed E-state index contributed by atoms with van der Waals surface area (Å²) in [5, 5.41) is 9.68. The van der Waals surface area contributed by atoms with Crippen molar-refractivity contribution in [2.24, 2.45) is 11.8 Å². The zero-order valence-electron chi connectivity index (χ0n) is 27.9. The Labute approximate surface area is 280 Å². The molecule has 1 aliphatic heterocycles. The van der Waals surface area contributed by atoms with E-state index in [0.29, 0.717) is 54.8 Å². The summed E-state index contributed by atoms with van der Waals surface area (Å²) in [7, 11) is 2.43. The topological polar surface area (TPSA) is 84.4 Å². The van der Waals surface area contributed by atoms with Gasteiger partial charge in [0.1, 0.15) is 5.82 Å². The van der Waals surface area contributed by atoms with E-state index in [1.54, 1.807) is 4.90 Å². The van der Waals surface area contributed by atoms with E-state index >= 15 is 0 Å². The highest BCUT2D eigenvalue weighted by Crippen LogP contribution is 2.40. The molecule has 1 saturated carbocycles. The number of hydrogen-bond donors (Lipinski definition) is 1. The summed E-state index contributed by atoms with van der Waals surface area (Å²) in [6.45, 7) is 5.97. The van der Waals surface area contributed by atoms with Crippen molar-refractivity contribution < 1.29 is 50.2 Å². The van der Waals surface area contributed by atoms with Crippen molar-refractivity contribution in [3.05, 3.63) is 65.0 Å². The van der Waals surface area contributed by atoms with Crippen LogP contribution in [0.15, 0.2) is 42.5 Å². The number of halogens is 7. The van der Waals surface area contributed by atoms with Crippen LogP contribution in [0.2, 0.25) is 0 Å². The first-order chi connectivity index (χ1) is 22.6. The maximum Gasteiger partial charge on any atom is 0.416 e. The van der Waals surface area contributed by atoms with Gasteiger partial charge in [0.05, 0.1) is 17.2 Å². The van der Waals surface area contributed by atoms with Gasteiger partial charge in [0.15, 0.2) is 0 Å². The Balaban J connectivity index is 1.54. The van der Waals surface area contributed by atoms with E-state index in [4.69, 9.17) is 0 Å². The summed E-state index contributed by atoms with van der Waals surface area (Å²) in [5.74, 6) is -1.49. The van der Waals surface area contributed by atoms with Crippen LogP contribution in [0.5, 0.6) is 0 Å². The van der Waals surface area contributed by atoms with Gasteiger partial charge in [0.2, 0.25) is 5.91 Å². The normalized spacial score (nSPS) is 21.8. The van der Waals surface area contributed by atoms with Crippen LogP contribution in [0.25, 0.3) is 0 Å². The fourth-order valence-electron chi connectivity index (χ4n) is 6.76. The number of likely N-dealkylation sites (tertiary alicyclic amines) is 1. The molecule has 2 aromatic rings. The smallest absolute Gasteiger partial charge is 0.416 e. The average molecular weight is 703 g/mol. The van der Waals surface area contributed by atoms with E-state index in [1.165, 1.54) is 41.1 Å². The van der Waals surface area contributed by atoms with Crippen molar-refractivity contribution in [1.82, 2.24) is 14.7 Å². The molecule has 1 aliphatic carbocycles. The van der Waals surface area contributed by atoms with Crippen LogP contribution < -0.4 is 4.90 Å². The Morgan fingerprint density at radius 1 is 0.837 bits per heavy atom. The highest BCUT2D eigenvalue weighted by Gasteiger charge is 2.44. The van der Waals surface area contributed by atoms with E-state index in [1.807, 2.05) is 20.8 Å². The number of amides is 4. The summed E-state index contributed by atoms with van der Waals surface area (Å²) in [4.78, 5) is 44.2.